The molecule has 2 aromatic rings. The van der Waals surface area contributed by atoms with Crippen LogP contribution in [-0.2, 0) is 19.4 Å². The fraction of sp³-hybridized carbons (Fsp3) is 0.526. The number of halogens is 1. The number of aliphatic imine (C=N–C) groups is 1. The van der Waals surface area contributed by atoms with Gasteiger partial charge in [-0.2, -0.15) is 0 Å². The van der Waals surface area contributed by atoms with Gasteiger partial charge in [-0.25, -0.2) is 0 Å². The molecule has 0 saturated heterocycles. The highest BCUT2D eigenvalue weighted by molar-refractivity contribution is 14.0. The molecule has 0 fully saturated rings. The summed E-state index contributed by atoms with van der Waals surface area (Å²) in [5.41, 5.74) is 1.21. The van der Waals surface area contributed by atoms with Crippen LogP contribution < -0.4 is 20.1 Å². The SMILES string of the molecule is CCCN=C(NCCc1ccc2c(c1)OCO2)NCCn1cnnc1CC.I. The van der Waals surface area contributed by atoms with Crippen LogP contribution in [0.15, 0.2) is 29.5 Å². The summed E-state index contributed by atoms with van der Waals surface area (Å²) in [6.07, 6.45) is 4.55. The Morgan fingerprint density at radius 2 is 2.00 bits per heavy atom. The molecule has 0 unspecified atom stereocenters. The number of benzene rings is 1. The van der Waals surface area contributed by atoms with Crippen LogP contribution in [0.3, 0.4) is 0 Å². The van der Waals surface area contributed by atoms with Gasteiger partial charge in [0.25, 0.3) is 0 Å². The minimum atomic E-state index is 0. The number of nitrogens with one attached hydrogen (secondary N) is 2. The number of nitrogens with zero attached hydrogens (tertiary/aromatic N) is 4. The highest BCUT2D eigenvalue weighted by Gasteiger charge is 2.13. The maximum absolute atomic E-state index is 5.44. The first-order valence-corrected chi connectivity index (χ1v) is 9.57. The predicted molar refractivity (Wildman–Crippen MR) is 120 cm³/mol. The van der Waals surface area contributed by atoms with Crippen molar-refractivity contribution in [2.75, 3.05) is 26.4 Å². The molecule has 1 aliphatic heterocycles. The standard InChI is InChI=1S/C19H28N6O2.HI/c1-3-8-20-19(22-10-11-25-13-23-24-18(25)4-2)21-9-7-15-5-6-16-17(12-15)27-14-26-16;/h5-6,12-13H,3-4,7-11,14H2,1-2H3,(H2,20,21,22);1H. The Morgan fingerprint density at radius 3 is 2.82 bits per heavy atom. The molecule has 0 atom stereocenters. The van der Waals surface area contributed by atoms with Gasteiger partial charge in [0, 0.05) is 32.6 Å². The van der Waals surface area contributed by atoms with Gasteiger partial charge in [-0.1, -0.05) is 19.9 Å². The Kier molecular flexibility index (Phi) is 9.32. The smallest absolute Gasteiger partial charge is 0.231 e. The molecular formula is C19H29IN6O2. The van der Waals surface area contributed by atoms with Gasteiger partial charge in [0.1, 0.15) is 12.2 Å². The highest BCUT2D eigenvalue weighted by Crippen LogP contribution is 2.32. The summed E-state index contributed by atoms with van der Waals surface area (Å²) in [4.78, 5) is 4.60. The predicted octanol–water partition coefficient (Wildman–Crippen LogP) is 2.38. The van der Waals surface area contributed by atoms with Gasteiger partial charge < -0.3 is 24.7 Å². The number of hydrogen-bond acceptors (Lipinski definition) is 5. The molecule has 0 aliphatic carbocycles. The van der Waals surface area contributed by atoms with E-state index in [1.54, 1.807) is 6.33 Å². The van der Waals surface area contributed by atoms with E-state index in [0.29, 0.717) is 6.79 Å². The topological polar surface area (TPSA) is 85.6 Å². The van der Waals surface area contributed by atoms with E-state index in [-0.39, 0.29) is 24.0 Å². The molecule has 0 amide bonds. The van der Waals surface area contributed by atoms with Gasteiger partial charge in [0.2, 0.25) is 6.79 Å². The lowest BCUT2D eigenvalue weighted by Gasteiger charge is -2.13. The van der Waals surface area contributed by atoms with Crippen LogP contribution in [0.5, 0.6) is 11.5 Å². The average molecular weight is 500 g/mol. The molecule has 1 aromatic heterocycles. The Hall–Kier alpha value is -2.04. The van der Waals surface area contributed by atoms with Gasteiger partial charge in [-0.05, 0) is 30.5 Å². The van der Waals surface area contributed by atoms with Crippen molar-refractivity contribution in [2.24, 2.45) is 4.99 Å². The third-order valence-corrected chi connectivity index (χ3v) is 4.29. The number of aromatic nitrogens is 3. The molecule has 8 nitrogen and oxygen atoms in total. The van der Waals surface area contributed by atoms with Crippen LogP contribution >= 0.6 is 24.0 Å². The molecule has 1 aliphatic rings. The summed E-state index contributed by atoms with van der Waals surface area (Å²) in [7, 11) is 0. The average Bonchev–Trinajstić information content (AvgIpc) is 3.34. The minimum Gasteiger partial charge on any atom is -0.454 e. The molecule has 0 saturated carbocycles. The molecule has 3 rings (SSSR count). The second-order valence-electron chi connectivity index (χ2n) is 6.32. The highest BCUT2D eigenvalue weighted by atomic mass is 127. The Bertz CT molecular complexity index is 765. The van der Waals surface area contributed by atoms with E-state index in [0.717, 1.165) is 68.7 Å². The molecule has 9 heteroatoms. The normalized spacial score (nSPS) is 12.6. The van der Waals surface area contributed by atoms with Crippen molar-refractivity contribution in [3.8, 4) is 11.5 Å². The van der Waals surface area contributed by atoms with Crippen LogP contribution in [0.2, 0.25) is 0 Å². The van der Waals surface area contributed by atoms with Crippen LogP contribution in [0, 0.1) is 0 Å². The van der Waals surface area contributed by atoms with E-state index in [1.807, 2.05) is 12.1 Å². The summed E-state index contributed by atoms with van der Waals surface area (Å²) in [6.45, 7) is 7.68. The second-order valence-corrected chi connectivity index (χ2v) is 6.32. The number of fused-ring (bicyclic) bond motifs is 1. The van der Waals surface area contributed by atoms with Crippen LogP contribution in [0.4, 0.5) is 0 Å². The zero-order valence-corrected chi connectivity index (χ0v) is 18.8. The van der Waals surface area contributed by atoms with E-state index in [9.17, 15) is 0 Å². The zero-order valence-electron chi connectivity index (χ0n) is 16.5. The Morgan fingerprint density at radius 1 is 1.18 bits per heavy atom. The monoisotopic (exact) mass is 500 g/mol. The van der Waals surface area contributed by atoms with Crippen molar-refractivity contribution < 1.29 is 9.47 Å². The molecule has 2 heterocycles. The third kappa shape index (κ3) is 6.25. The van der Waals surface area contributed by atoms with Crippen molar-refractivity contribution in [1.82, 2.24) is 25.4 Å². The van der Waals surface area contributed by atoms with E-state index >= 15 is 0 Å². The van der Waals surface area contributed by atoms with Gasteiger partial charge in [0.05, 0.1) is 0 Å². The number of rotatable bonds is 9. The maximum atomic E-state index is 5.44. The van der Waals surface area contributed by atoms with Crippen molar-refractivity contribution in [1.29, 1.82) is 0 Å². The number of ether oxygens (including phenoxy) is 2. The van der Waals surface area contributed by atoms with Gasteiger partial charge in [0.15, 0.2) is 17.5 Å². The fourth-order valence-corrected chi connectivity index (χ4v) is 2.85. The molecule has 0 radical (unpaired) electrons. The summed E-state index contributed by atoms with van der Waals surface area (Å²) < 4.78 is 12.9. The summed E-state index contributed by atoms with van der Waals surface area (Å²) in [5, 5.41) is 14.9. The molecule has 0 bridgehead atoms. The maximum Gasteiger partial charge on any atom is 0.231 e. The molecule has 0 spiro atoms. The summed E-state index contributed by atoms with van der Waals surface area (Å²) in [6, 6.07) is 6.08. The lowest BCUT2D eigenvalue weighted by Crippen LogP contribution is -2.40. The van der Waals surface area contributed by atoms with E-state index < -0.39 is 0 Å². The first-order valence-electron chi connectivity index (χ1n) is 9.57. The second kappa shape index (κ2) is 11.7. The first-order chi connectivity index (χ1) is 13.3. The van der Waals surface area contributed by atoms with Crippen molar-refractivity contribution in [3.05, 3.63) is 35.9 Å². The lowest BCUT2D eigenvalue weighted by atomic mass is 10.1. The molecular weight excluding hydrogens is 471 g/mol. The number of aryl methyl sites for hydroxylation is 1. The summed E-state index contributed by atoms with van der Waals surface area (Å²) in [5.74, 6) is 3.48. The van der Waals surface area contributed by atoms with E-state index in [2.05, 4.69) is 50.3 Å². The van der Waals surface area contributed by atoms with Gasteiger partial charge >= 0.3 is 0 Å². The van der Waals surface area contributed by atoms with Crippen LogP contribution in [-0.4, -0.2) is 47.2 Å². The Balaban J connectivity index is 0.00000280. The lowest BCUT2D eigenvalue weighted by molar-refractivity contribution is 0.174. The quantitative estimate of drug-likeness (QED) is 0.313. The van der Waals surface area contributed by atoms with Crippen LogP contribution in [0.25, 0.3) is 0 Å². The van der Waals surface area contributed by atoms with Crippen molar-refractivity contribution in [2.45, 2.75) is 39.7 Å². The largest absolute Gasteiger partial charge is 0.454 e. The number of hydrogen-bond donors (Lipinski definition) is 2. The third-order valence-electron chi connectivity index (χ3n) is 4.29. The van der Waals surface area contributed by atoms with Gasteiger partial charge in [-0.3, -0.25) is 4.99 Å². The number of guanidine groups is 1. The molecule has 154 valence electrons. The van der Waals surface area contributed by atoms with Crippen molar-refractivity contribution >= 4 is 29.9 Å². The first kappa shape index (κ1) is 22.3. The van der Waals surface area contributed by atoms with Crippen molar-refractivity contribution in [3.63, 3.8) is 0 Å². The zero-order chi connectivity index (χ0) is 18.9. The summed E-state index contributed by atoms with van der Waals surface area (Å²) >= 11 is 0. The van der Waals surface area contributed by atoms with Gasteiger partial charge in [-0.15, -0.1) is 34.2 Å². The molecule has 28 heavy (non-hydrogen) atoms. The minimum absolute atomic E-state index is 0. The van der Waals surface area contributed by atoms with E-state index in [1.165, 1.54) is 5.56 Å². The Labute approximate surface area is 183 Å². The van der Waals surface area contributed by atoms with E-state index in [4.69, 9.17) is 9.47 Å². The molecule has 2 N–H and O–H groups in total. The van der Waals surface area contributed by atoms with Crippen LogP contribution in [0.1, 0.15) is 31.7 Å². The fourth-order valence-electron chi connectivity index (χ4n) is 2.85. The molecule has 1 aromatic carbocycles.